The Labute approximate surface area is 77.4 Å². The van der Waals surface area contributed by atoms with Gasteiger partial charge in [0.15, 0.2) is 0 Å². The number of hydrogen-bond acceptors (Lipinski definition) is 3. The summed E-state index contributed by atoms with van der Waals surface area (Å²) in [6.45, 7) is 3.97. The molecular formula is C8H15NO2S. The van der Waals surface area contributed by atoms with Crippen molar-refractivity contribution < 1.29 is 9.53 Å². The summed E-state index contributed by atoms with van der Waals surface area (Å²) in [6.07, 6.45) is 2.87. The predicted octanol–water partition coefficient (Wildman–Crippen LogP) is 0.944. The molecule has 0 spiro atoms. The van der Waals surface area contributed by atoms with Crippen molar-refractivity contribution in [2.75, 3.05) is 26.1 Å². The van der Waals surface area contributed by atoms with E-state index < -0.39 is 0 Å². The zero-order valence-corrected chi connectivity index (χ0v) is 8.39. The third-order valence-electron chi connectivity index (χ3n) is 2.00. The van der Waals surface area contributed by atoms with Crippen LogP contribution in [0.15, 0.2) is 0 Å². The number of amides is 1. The van der Waals surface area contributed by atoms with Crippen LogP contribution in [-0.4, -0.2) is 42.2 Å². The minimum Gasteiger partial charge on any atom is -0.359 e. The lowest BCUT2D eigenvalue weighted by Crippen LogP contribution is -2.35. The molecule has 0 aromatic rings. The molecule has 1 amide bonds. The Morgan fingerprint density at radius 1 is 1.75 bits per heavy atom. The number of rotatable bonds is 3. The number of thioether (sulfide) groups is 1. The van der Waals surface area contributed by atoms with Gasteiger partial charge >= 0.3 is 0 Å². The van der Waals surface area contributed by atoms with Crippen molar-refractivity contribution in [1.29, 1.82) is 0 Å². The van der Waals surface area contributed by atoms with E-state index in [0.29, 0.717) is 13.3 Å². The second kappa shape index (κ2) is 4.72. The Hall–Kier alpha value is -0.220. The van der Waals surface area contributed by atoms with Crippen molar-refractivity contribution in [2.45, 2.75) is 18.6 Å². The van der Waals surface area contributed by atoms with E-state index in [4.69, 9.17) is 4.74 Å². The summed E-state index contributed by atoms with van der Waals surface area (Å²) in [4.78, 5) is 13.4. The van der Waals surface area contributed by atoms with Crippen LogP contribution >= 0.6 is 11.8 Å². The highest BCUT2D eigenvalue weighted by Crippen LogP contribution is 2.15. The molecule has 1 heterocycles. The van der Waals surface area contributed by atoms with Gasteiger partial charge in [-0.1, -0.05) is 6.92 Å². The molecule has 1 rings (SSSR count). The lowest BCUT2D eigenvalue weighted by atomic mass is 10.3. The molecule has 1 atom stereocenters. The molecule has 12 heavy (non-hydrogen) atoms. The van der Waals surface area contributed by atoms with E-state index in [2.05, 4.69) is 0 Å². The summed E-state index contributed by atoms with van der Waals surface area (Å²) in [6, 6.07) is 0. The molecule has 0 radical (unpaired) electrons. The molecule has 0 aromatic heterocycles. The Morgan fingerprint density at radius 2 is 2.50 bits per heavy atom. The highest BCUT2D eigenvalue weighted by molar-refractivity contribution is 7.99. The maximum Gasteiger partial charge on any atom is 0.237 e. The molecule has 0 bridgehead atoms. The molecule has 0 aliphatic carbocycles. The first-order valence-electron chi connectivity index (χ1n) is 4.19. The van der Waals surface area contributed by atoms with Crippen LogP contribution in [0.25, 0.3) is 0 Å². The summed E-state index contributed by atoms with van der Waals surface area (Å²) in [5.74, 6) is 0.225. The lowest BCUT2D eigenvalue weighted by molar-refractivity contribution is -0.131. The zero-order chi connectivity index (χ0) is 8.97. The summed E-state index contributed by atoms with van der Waals surface area (Å²) in [5.41, 5.74) is 0. The average Bonchev–Trinajstić information content (AvgIpc) is 2.58. The van der Waals surface area contributed by atoms with E-state index in [1.54, 1.807) is 16.7 Å². The predicted molar refractivity (Wildman–Crippen MR) is 50.1 cm³/mol. The van der Waals surface area contributed by atoms with Crippen LogP contribution in [-0.2, 0) is 9.53 Å². The highest BCUT2D eigenvalue weighted by atomic mass is 32.2. The minimum absolute atomic E-state index is 0.117. The molecule has 70 valence electrons. The Kier molecular flexibility index (Phi) is 3.88. The van der Waals surface area contributed by atoms with Gasteiger partial charge < -0.3 is 9.64 Å². The maximum atomic E-state index is 11.6. The van der Waals surface area contributed by atoms with Gasteiger partial charge in [0.2, 0.25) is 5.91 Å². The van der Waals surface area contributed by atoms with Crippen molar-refractivity contribution in [3.63, 3.8) is 0 Å². The van der Waals surface area contributed by atoms with Crippen molar-refractivity contribution in [3.8, 4) is 0 Å². The second-order valence-electron chi connectivity index (χ2n) is 2.77. The third kappa shape index (κ3) is 2.14. The number of nitrogens with zero attached hydrogens (tertiary/aromatic N) is 1. The van der Waals surface area contributed by atoms with E-state index >= 15 is 0 Å². The van der Waals surface area contributed by atoms with Gasteiger partial charge in [0, 0.05) is 6.54 Å². The van der Waals surface area contributed by atoms with Gasteiger partial charge in [-0.3, -0.25) is 4.79 Å². The molecule has 1 fully saturated rings. The average molecular weight is 189 g/mol. The molecule has 1 aliphatic heterocycles. The van der Waals surface area contributed by atoms with E-state index in [1.807, 2.05) is 13.2 Å². The standard InChI is InChI=1S/C8H15NO2S/c1-3-7(12-2)8(10)9-4-5-11-6-9/h7H,3-6H2,1-2H3. The first kappa shape index (κ1) is 9.86. The molecule has 1 unspecified atom stereocenters. The molecule has 0 saturated carbocycles. The summed E-state index contributed by atoms with van der Waals surface area (Å²) in [5, 5.41) is 0.117. The molecule has 3 nitrogen and oxygen atoms in total. The fraction of sp³-hybridized carbons (Fsp3) is 0.875. The normalized spacial score (nSPS) is 19.7. The Bertz CT molecular complexity index is 149. The van der Waals surface area contributed by atoms with Gasteiger partial charge in [-0.05, 0) is 12.7 Å². The molecule has 1 aliphatic rings. The number of carbonyl (C=O) groups excluding carboxylic acids is 1. The van der Waals surface area contributed by atoms with Gasteiger partial charge in [0.1, 0.15) is 6.73 Å². The second-order valence-corrected chi connectivity index (χ2v) is 3.81. The topological polar surface area (TPSA) is 29.5 Å². The van der Waals surface area contributed by atoms with Crippen molar-refractivity contribution in [1.82, 2.24) is 4.90 Å². The zero-order valence-electron chi connectivity index (χ0n) is 7.58. The molecular weight excluding hydrogens is 174 g/mol. The monoisotopic (exact) mass is 189 g/mol. The van der Waals surface area contributed by atoms with E-state index in [9.17, 15) is 4.79 Å². The molecule has 1 saturated heterocycles. The van der Waals surface area contributed by atoms with Crippen molar-refractivity contribution in [2.24, 2.45) is 0 Å². The minimum atomic E-state index is 0.117. The number of hydrogen-bond donors (Lipinski definition) is 0. The largest absolute Gasteiger partial charge is 0.359 e. The van der Waals surface area contributed by atoms with Crippen LogP contribution in [0.1, 0.15) is 13.3 Å². The quantitative estimate of drug-likeness (QED) is 0.662. The van der Waals surface area contributed by atoms with Crippen LogP contribution in [0.3, 0.4) is 0 Å². The van der Waals surface area contributed by atoms with Crippen LogP contribution < -0.4 is 0 Å². The summed E-state index contributed by atoms with van der Waals surface area (Å²) >= 11 is 1.62. The smallest absolute Gasteiger partial charge is 0.237 e. The fourth-order valence-corrected chi connectivity index (χ4v) is 1.92. The highest BCUT2D eigenvalue weighted by Gasteiger charge is 2.24. The summed E-state index contributed by atoms with van der Waals surface area (Å²) < 4.78 is 5.11. The van der Waals surface area contributed by atoms with Crippen LogP contribution in [0.2, 0.25) is 0 Å². The van der Waals surface area contributed by atoms with E-state index in [1.165, 1.54) is 0 Å². The van der Waals surface area contributed by atoms with Gasteiger partial charge in [-0.2, -0.15) is 11.8 Å². The van der Waals surface area contributed by atoms with Crippen molar-refractivity contribution in [3.05, 3.63) is 0 Å². The SMILES string of the molecule is CCC(SC)C(=O)N1CCOC1. The maximum absolute atomic E-state index is 11.6. The van der Waals surface area contributed by atoms with Gasteiger partial charge in [-0.25, -0.2) is 0 Å². The first-order chi connectivity index (χ1) is 5.79. The van der Waals surface area contributed by atoms with Crippen LogP contribution in [0.4, 0.5) is 0 Å². The number of ether oxygens (including phenoxy) is 1. The summed E-state index contributed by atoms with van der Waals surface area (Å²) in [7, 11) is 0. The van der Waals surface area contributed by atoms with Crippen LogP contribution in [0, 0.1) is 0 Å². The lowest BCUT2D eigenvalue weighted by Gasteiger charge is -2.18. The molecule has 0 N–H and O–H groups in total. The van der Waals surface area contributed by atoms with Crippen molar-refractivity contribution >= 4 is 17.7 Å². The van der Waals surface area contributed by atoms with Gasteiger partial charge in [0.05, 0.1) is 11.9 Å². The Morgan fingerprint density at radius 3 is 2.92 bits per heavy atom. The third-order valence-corrected chi connectivity index (χ3v) is 3.10. The molecule has 0 aromatic carbocycles. The Balaban J connectivity index is 2.43. The molecule has 4 heteroatoms. The number of carbonyl (C=O) groups is 1. The van der Waals surface area contributed by atoms with Crippen LogP contribution in [0.5, 0.6) is 0 Å². The van der Waals surface area contributed by atoms with E-state index in [0.717, 1.165) is 13.0 Å². The van der Waals surface area contributed by atoms with E-state index in [-0.39, 0.29) is 11.2 Å². The van der Waals surface area contributed by atoms with Gasteiger partial charge in [-0.15, -0.1) is 0 Å². The first-order valence-corrected chi connectivity index (χ1v) is 5.47. The van der Waals surface area contributed by atoms with Gasteiger partial charge in [0.25, 0.3) is 0 Å². The fourth-order valence-electron chi connectivity index (χ4n) is 1.23.